The predicted octanol–water partition coefficient (Wildman–Crippen LogP) is 3.33. The van der Waals surface area contributed by atoms with Gasteiger partial charge in [-0.15, -0.1) is 0 Å². The van der Waals surface area contributed by atoms with Crippen LogP contribution in [0, 0.1) is 0 Å². The van der Waals surface area contributed by atoms with Gasteiger partial charge in [-0.3, -0.25) is 0 Å². The number of methoxy groups -OCH3 is 1. The largest absolute Gasteiger partial charge is 0.495 e. The van der Waals surface area contributed by atoms with Gasteiger partial charge in [-0.2, -0.15) is 0 Å². The van der Waals surface area contributed by atoms with Crippen LogP contribution in [0.3, 0.4) is 0 Å². The standard InChI is InChI=1S/C7H5Cl2F2NO/c1-13-3-2-4(8)12-6(5(3)9)7(10)11/h2,7H,1H3. The maximum atomic E-state index is 12.3. The number of nitrogens with zero attached hydrogens (tertiary/aromatic N) is 1. The maximum absolute atomic E-state index is 12.3. The minimum atomic E-state index is -2.76. The van der Waals surface area contributed by atoms with Crippen molar-refractivity contribution >= 4 is 23.2 Å². The summed E-state index contributed by atoms with van der Waals surface area (Å²) in [5.41, 5.74) is -0.564. The van der Waals surface area contributed by atoms with Gasteiger partial charge in [0.25, 0.3) is 6.43 Å². The Bertz CT molecular complexity index is 320. The fraction of sp³-hybridized carbons (Fsp3) is 0.286. The van der Waals surface area contributed by atoms with Gasteiger partial charge in [-0.1, -0.05) is 23.2 Å². The van der Waals surface area contributed by atoms with E-state index in [1.165, 1.54) is 13.2 Å². The first-order valence-corrected chi connectivity index (χ1v) is 4.00. The summed E-state index contributed by atoms with van der Waals surface area (Å²) in [6.07, 6.45) is -2.76. The third-order valence-corrected chi connectivity index (χ3v) is 1.92. The van der Waals surface area contributed by atoms with Gasteiger partial charge < -0.3 is 4.74 Å². The Kier molecular flexibility index (Phi) is 3.27. The van der Waals surface area contributed by atoms with Crippen molar-refractivity contribution in [2.45, 2.75) is 6.43 Å². The first-order valence-electron chi connectivity index (χ1n) is 3.24. The lowest BCUT2D eigenvalue weighted by molar-refractivity contribution is 0.146. The van der Waals surface area contributed by atoms with Crippen molar-refractivity contribution in [3.05, 3.63) is 21.9 Å². The van der Waals surface area contributed by atoms with Crippen LogP contribution in [0.15, 0.2) is 6.07 Å². The molecule has 0 bridgehead atoms. The van der Waals surface area contributed by atoms with Gasteiger partial charge in [0.2, 0.25) is 0 Å². The van der Waals surface area contributed by atoms with E-state index in [9.17, 15) is 8.78 Å². The highest BCUT2D eigenvalue weighted by atomic mass is 35.5. The highest BCUT2D eigenvalue weighted by molar-refractivity contribution is 6.34. The number of rotatable bonds is 2. The molecule has 0 aliphatic carbocycles. The molecular formula is C7H5Cl2F2NO. The summed E-state index contributed by atoms with van der Waals surface area (Å²) in [6, 6.07) is 1.27. The Morgan fingerprint density at radius 2 is 2.08 bits per heavy atom. The molecule has 0 amide bonds. The molecule has 0 saturated carbocycles. The van der Waals surface area contributed by atoms with E-state index in [0.29, 0.717) is 0 Å². The molecule has 1 aromatic rings. The van der Waals surface area contributed by atoms with Crippen LogP contribution in [0.1, 0.15) is 12.1 Å². The van der Waals surface area contributed by atoms with Gasteiger partial charge in [0.05, 0.1) is 7.11 Å². The van der Waals surface area contributed by atoms with Crippen LogP contribution in [0.4, 0.5) is 8.78 Å². The summed E-state index contributed by atoms with van der Waals surface area (Å²) in [5, 5.41) is -0.279. The van der Waals surface area contributed by atoms with E-state index in [0.717, 1.165) is 0 Å². The molecular weight excluding hydrogens is 223 g/mol. The van der Waals surface area contributed by atoms with Crippen molar-refractivity contribution in [2.75, 3.05) is 7.11 Å². The van der Waals surface area contributed by atoms with Crippen molar-refractivity contribution in [3.8, 4) is 5.75 Å². The molecule has 0 radical (unpaired) electrons. The molecule has 1 rings (SSSR count). The average molecular weight is 228 g/mol. The topological polar surface area (TPSA) is 22.1 Å². The van der Waals surface area contributed by atoms with Gasteiger partial charge >= 0.3 is 0 Å². The van der Waals surface area contributed by atoms with E-state index < -0.39 is 12.1 Å². The monoisotopic (exact) mass is 227 g/mol. The lowest BCUT2D eigenvalue weighted by Crippen LogP contribution is -1.95. The van der Waals surface area contributed by atoms with Crippen LogP contribution in [0.2, 0.25) is 10.2 Å². The zero-order valence-electron chi connectivity index (χ0n) is 6.52. The molecule has 13 heavy (non-hydrogen) atoms. The van der Waals surface area contributed by atoms with Gasteiger partial charge in [0.15, 0.2) is 0 Å². The summed E-state index contributed by atoms with van der Waals surface area (Å²) in [6.45, 7) is 0. The Labute approximate surface area is 83.4 Å². The normalized spacial score (nSPS) is 10.6. The van der Waals surface area contributed by atoms with Crippen LogP contribution in [-0.4, -0.2) is 12.1 Å². The Hall–Kier alpha value is -0.610. The Morgan fingerprint density at radius 1 is 1.46 bits per heavy atom. The second-order valence-electron chi connectivity index (χ2n) is 2.15. The summed E-state index contributed by atoms with van der Waals surface area (Å²) < 4.78 is 29.3. The number of aromatic nitrogens is 1. The number of alkyl halides is 2. The molecule has 6 heteroatoms. The predicted molar refractivity (Wildman–Crippen MR) is 45.8 cm³/mol. The molecule has 0 saturated heterocycles. The molecule has 0 aliphatic rings. The van der Waals surface area contributed by atoms with Gasteiger partial charge in [-0.05, 0) is 0 Å². The molecule has 0 fully saturated rings. The third kappa shape index (κ3) is 2.19. The van der Waals surface area contributed by atoms with E-state index in [4.69, 9.17) is 27.9 Å². The summed E-state index contributed by atoms with van der Waals surface area (Å²) in [7, 11) is 1.31. The van der Waals surface area contributed by atoms with Crippen LogP contribution < -0.4 is 4.74 Å². The van der Waals surface area contributed by atoms with Crippen molar-refractivity contribution in [1.29, 1.82) is 0 Å². The molecule has 0 N–H and O–H groups in total. The van der Waals surface area contributed by atoms with Crippen molar-refractivity contribution in [1.82, 2.24) is 4.98 Å². The quantitative estimate of drug-likeness (QED) is 0.724. The lowest BCUT2D eigenvalue weighted by Gasteiger charge is -2.07. The van der Waals surface area contributed by atoms with E-state index in [1.807, 2.05) is 0 Å². The molecule has 1 aromatic heterocycles. The van der Waals surface area contributed by atoms with Crippen molar-refractivity contribution in [3.63, 3.8) is 0 Å². The van der Waals surface area contributed by atoms with Crippen molar-refractivity contribution < 1.29 is 13.5 Å². The molecule has 0 unspecified atom stereocenters. The lowest BCUT2D eigenvalue weighted by atomic mass is 10.3. The van der Waals surface area contributed by atoms with E-state index in [1.54, 1.807) is 0 Å². The first-order chi connectivity index (χ1) is 6.06. The number of ether oxygens (including phenoxy) is 1. The van der Waals surface area contributed by atoms with E-state index in [-0.39, 0.29) is 15.9 Å². The minimum absolute atomic E-state index is 0.0726. The third-order valence-electron chi connectivity index (χ3n) is 1.35. The van der Waals surface area contributed by atoms with Crippen LogP contribution >= 0.6 is 23.2 Å². The molecule has 0 spiro atoms. The minimum Gasteiger partial charge on any atom is -0.495 e. The molecule has 72 valence electrons. The first kappa shape index (κ1) is 10.5. The maximum Gasteiger partial charge on any atom is 0.282 e. The summed E-state index contributed by atoms with van der Waals surface area (Å²) >= 11 is 11.0. The van der Waals surface area contributed by atoms with Gasteiger partial charge in [-0.25, -0.2) is 13.8 Å². The smallest absolute Gasteiger partial charge is 0.282 e. The van der Waals surface area contributed by atoms with Gasteiger partial charge in [0.1, 0.15) is 21.6 Å². The van der Waals surface area contributed by atoms with Crippen LogP contribution in [0.25, 0.3) is 0 Å². The molecule has 0 aliphatic heterocycles. The zero-order chi connectivity index (χ0) is 10.0. The second kappa shape index (κ2) is 4.07. The van der Waals surface area contributed by atoms with E-state index in [2.05, 4.69) is 4.98 Å². The number of hydrogen-bond donors (Lipinski definition) is 0. The fourth-order valence-electron chi connectivity index (χ4n) is 0.787. The van der Waals surface area contributed by atoms with Crippen molar-refractivity contribution in [2.24, 2.45) is 0 Å². The zero-order valence-corrected chi connectivity index (χ0v) is 8.03. The van der Waals surface area contributed by atoms with Gasteiger partial charge in [0, 0.05) is 6.07 Å². The SMILES string of the molecule is COc1cc(Cl)nc(C(F)F)c1Cl. The Morgan fingerprint density at radius 3 is 2.54 bits per heavy atom. The highest BCUT2D eigenvalue weighted by Gasteiger charge is 2.18. The molecule has 2 nitrogen and oxygen atoms in total. The molecule has 1 heterocycles. The Balaban J connectivity index is 3.27. The summed E-state index contributed by atoms with van der Waals surface area (Å²) in [4.78, 5) is 3.38. The second-order valence-corrected chi connectivity index (χ2v) is 2.91. The highest BCUT2D eigenvalue weighted by Crippen LogP contribution is 2.34. The average Bonchev–Trinajstić information content (AvgIpc) is 2.08. The van der Waals surface area contributed by atoms with Crippen LogP contribution in [-0.2, 0) is 0 Å². The number of halogens is 4. The van der Waals surface area contributed by atoms with Crippen LogP contribution in [0.5, 0.6) is 5.75 Å². The summed E-state index contributed by atoms with van der Waals surface area (Å²) in [5.74, 6) is 0.0944. The molecule has 0 atom stereocenters. The number of pyridine rings is 1. The van der Waals surface area contributed by atoms with E-state index >= 15 is 0 Å². The molecule has 0 aromatic carbocycles. The fourth-order valence-corrected chi connectivity index (χ4v) is 1.23. The number of hydrogen-bond acceptors (Lipinski definition) is 2.